The van der Waals surface area contributed by atoms with Crippen molar-refractivity contribution >= 4 is 17.5 Å². The molecule has 15 heavy (non-hydrogen) atoms. The van der Waals surface area contributed by atoms with Crippen LogP contribution in [0.5, 0.6) is 5.75 Å². The van der Waals surface area contributed by atoms with Gasteiger partial charge in [-0.15, -0.1) is 4.91 Å². The first kappa shape index (κ1) is 9.45. The van der Waals surface area contributed by atoms with Crippen LogP contribution in [0.2, 0.25) is 0 Å². The Balaban J connectivity index is 2.34. The molecule has 0 unspecified atom stereocenters. The number of benzene rings is 1. The first-order valence-electron chi connectivity index (χ1n) is 4.22. The lowest BCUT2D eigenvalue weighted by Crippen LogP contribution is -2.45. The van der Waals surface area contributed by atoms with E-state index in [2.05, 4.69) is 9.91 Å². The average molecular weight is 208 g/mol. The predicted molar refractivity (Wildman–Crippen MR) is 52.3 cm³/mol. The van der Waals surface area contributed by atoms with Crippen LogP contribution in [0.1, 0.15) is 0 Å². The maximum absolute atomic E-state index is 10.9. The SMILES string of the molecule is COc1ccc(N2COC2=O)cc1N=O. The third kappa shape index (κ3) is 1.50. The fourth-order valence-electron chi connectivity index (χ4n) is 1.28. The van der Waals surface area contributed by atoms with Gasteiger partial charge < -0.3 is 9.47 Å². The Morgan fingerprint density at radius 1 is 1.53 bits per heavy atom. The molecule has 0 bridgehead atoms. The molecule has 0 atom stereocenters. The molecule has 1 aliphatic heterocycles. The van der Waals surface area contributed by atoms with Crippen molar-refractivity contribution in [3.05, 3.63) is 23.1 Å². The van der Waals surface area contributed by atoms with Crippen molar-refractivity contribution in [2.45, 2.75) is 0 Å². The van der Waals surface area contributed by atoms with Crippen LogP contribution in [0.15, 0.2) is 23.4 Å². The number of hydrogen-bond acceptors (Lipinski definition) is 5. The molecule has 1 aromatic rings. The smallest absolute Gasteiger partial charge is 0.418 e. The molecule has 0 spiro atoms. The van der Waals surface area contributed by atoms with E-state index < -0.39 is 6.09 Å². The zero-order valence-electron chi connectivity index (χ0n) is 7.97. The molecule has 1 heterocycles. The van der Waals surface area contributed by atoms with E-state index in [0.717, 1.165) is 0 Å². The number of hydrogen-bond donors (Lipinski definition) is 0. The first-order valence-corrected chi connectivity index (χ1v) is 4.22. The number of rotatable bonds is 3. The highest BCUT2D eigenvalue weighted by Gasteiger charge is 2.28. The average Bonchev–Trinajstić information content (AvgIpc) is 2.26. The van der Waals surface area contributed by atoms with Crippen LogP contribution in [0.4, 0.5) is 16.2 Å². The third-order valence-corrected chi connectivity index (χ3v) is 2.11. The molecular formula is C9H8N2O4. The molecule has 1 aliphatic rings. The van der Waals surface area contributed by atoms with Gasteiger partial charge in [-0.2, -0.15) is 0 Å². The first-order chi connectivity index (χ1) is 7.26. The maximum Gasteiger partial charge on any atom is 0.418 e. The van der Waals surface area contributed by atoms with Gasteiger partial charge in [0.2, 0.25) is 0 Å². The molecule has 0 aromatic heterocycles. The van der Waals surface area contributed by atoms with Crippen molar-refractivity contribution in [1.29, 1.82) is 0 Å². The minimum Gasteiger partial charge on any atom is -0.494 e. The number of carbonyl (C=O) groups excluding carboxylic acids is 1. The Morgan fingerprint density at radius 3 is 2.80 bits per heavy atom. The van der Waals surface area contributed by atoms with Crippen molar-refractivity contribution in [1.82, 2.24) is 0 Å². The van der Waals surface area contributed by atoms with Crippen LogP contribution >= 0.6 is 0 Å². The van der Waals surface area contributed by atoms with E-state index in [4.69, 9.17) is 4.74 Å². The van der Waals surface area contributed by atoms with Gasteiger partial charge in [0.05, 0.1) is 12.8 Å². The van der Waals surface area contributed by atoms with Crippen LogP contribution < -0.4 is 9.64 Å². The number of nitroso groups, excluding NO2 is 1. The summed E-state index contributed by atoms with van der Waals surface area (Å²) in [4.78, 5) is 22.8. The van der Waals surface area contributed by atoms with E-state index in [9.17, 15) is 9.70 Å². The number of carbonyl (C=O) groups is 1. The summed E-state index contributed by atoms with van der Waals surface area (Å²) >= 11 is 0. The molecule has 0 N–H and O–H groups in total. The summed E-state index contributed by atoms with van der Waals surface area (Å²) in [7, 11) is 1.45. The number of cyclic esters (lactones) is 1. The number of nitrogens with zero attached hydrogens (tertiary/aromatic N) is 2. The van der Waals surface area contributed by atoms with Crippen LogP contribution in [0, 0.1) is 4.91 Å². The Kier molecular flexibility index (Phi) is 2.24. The predicted octanol–water partition coefficient (Wildman–Crippen LogP) is 2.01. The summed E-state index contributed by atoms with van der Waals surface area (Å²) in [5, 5.41) is 2.81. The fraction of sp³-hybridized carbons (Fsp3) is 0.222. The highest BCUT2D eigenvalue weighted by atomic mass is 16.6. The highest BCUT2D eigenvalue weighted by molar-refractivity contribution is 5.92. The molecule has 6 nitrogen and oxygen atoms in total. The molecule has 1 aromatic carbocycles. The molecule has 1 saturated heterocycles. The van der Waals surface area contributed by atoms with Gasteiger partial charge in [-0.1, -0.05) is 0 Å². The summed E-state index contributed by atoms with van der Waals surface area (Å²) in [5.41, 5.74) is 0.733. The van der Waals surface area contributed by atoms with Crippen molar-refractivity contribution in [3.63, 3.8) is 0 Å². The van der Waals surface area contributed by atoms with Crippen molar-refractivity contribution in [2.24, 2.45) is 5.18 Å². The Hall–Kier alpha value is -2.11. The summed E-state index contributed by atoms with van der Waals surface area (Å²) in [5.74, 6) is 0.377. The molecule has 6 heteroatoms. The lowest BCUT2D eigenvalue weighted by Gasteiger charge is -2.29. The standard InChI is InChI=1S/C9H8N2O4/c1-14-8-3-2-6(4-7(8)10-13)11-5-15-9(11)12/h2-4H,5H2,1H3. The normalized spacial score (nSPS) is 14.2. The number of methoxy groups -OCH3 is 1. The Morgan fingerprint density at radius 2 is 2.33 bits per heavy atom. The minimum atomic E-state index is -0.433. The number of anilines is 1. The maximum atomic E-state index is 10.9. The van der Waals surface area contributed by atoms with Crippen LogP contribution in [-0.2, 0) is 4.74 Å². The van der Waals surface area contributed by atoms with Gasteiger partial charge in [0.1, 0.15) is 5.75 Å². The second kappa shape index (κ2) is 3.56. The van der Waals surface area contributed by atoms with Crippen LogP contribution in [0.25, 0.3) is 0 Å². The molecule has 0 aliphatic carbocycles. The van der Waals surface area contributed by atoms with Crippen LogP contribution in [-0.4, -0.2) is 19.9 Å². The monoisotopic (exact) mass is 208 g/mol. The van der Waals surface area contributed by atoms with Crippen molar-refractivity contribution in [2.75, 3.05) is 18.7 Å². The van der Waals surface area contributed by atoms with Gasteiger partial charge >= 0.3 is 6.09 Å². The summed E-state index contributed by atoms with van der Waals surface area (Å²) in [6.45, 7) is 0.198. The lowest BCUT2D eigenvalue weighted by atomic mass is 10.2. The van der Waals surface area contributed by atoms with Crippen LogP contribution in [0.3, 0.4) is 0 Å². The number of ether oxygens (including phenoxy) is 2. The van der Waals surface area contributed by atoms with E-state index in [0.29, 0.717) is 11.4 Å². The van der Waals surface area contributed by atoms with E-state index >= 15 is 0 Å². The molecule has 2 rings (SSSR count). The number of amides is 1. The zero-order valence-corrected chi connectivity index (χ0v) is 7.97. The molecular weight excluding hydrogens is 200 g/mol. The summed E-state index contributed by atoms with van der Waals surface area (Å²) in [6.07, 6.45) is -0.433. The highest BCUT2D eigenvalue weighted by Crippen LogP contribution is 2.33. The van der Waals surface area contributed by atoms with E-state index in [-0.39, 0.29) is 12.4 Å². The van der Waals surface area contributed by atoms with Gasteiger partial charge in [0.15, 0.2) is 12.4 Å². The summed E-state index contributed by atoms with van der Waals surface area (Å²) < 4.78 is 9.50. The zero-order chi connectivity index (χ0) is 10.8. The van der Waals surface area contributed by atoms with Gasteiger partial charge in [-0.05, 0) is 23.4 Å². The van der Waals surface area contributed by atoms with Gasteiger partial charge in [0, 0.05) is 0 Å². The van der Waals surface area contributed by atoms with Gasteiger partial charge in [-0.3, -0.25) is 0 Å². The lowest BCUT2D eigenvalue weighted by molar-refractivity contribution is 0.108. The summed E-state index contributed by atoms with van der Waals surface area (Å²) in [6, 6.07) is 4.72. The van der Waals surface area contributed by atoms with E-state index in [1.54, 1.807) is 12.1 Å². The van der Waals surface area contributed by atoms with E-state index in [1.165, 1.54) is 18.1 Å². The molecule has 1 amide bonds. The Labute approximate surface area is 85.4 Å². The molecule has 0 saturated carbocycles. The minimum absolute atomic E-state index is 0.162. The van der Waals surface area contributed by atoms with Crippen molar-refractivity contribution < 1.29 is 14.3 Å². The second-order valence-electron chi connectivity index (χ2n) is 2.91. The molecule has 0 radical (unpaired) electrons. The molecule has 1 fully saturated rings. The van der Waals surface area contributed by atoms with Crippen molar-refractivity contribution in [3.8, 4) is 5.75 Å². The fourth-order valence-corrected chi connectivity index (χ4v) is 1.28. The third-order valence-electron chi connectivity index (χ3n) is 2.11. The van der Waals surface area contributed by atoms with Gasteiger partial charge in [-0.25, -0.2) is 9.69 Å². The quantitative estimate of drug-likeness (QED) is 0.712. The van der Waals surface area contributed by atoms with Gasteiger partial charge in [0.25, 0.3) is 0 Å². The largest absolute Gasteiger partial charge is 0.494 e. The van der Waals surface area contributed by atoms with E-state index in [1.807, 2.05) is 0 Å². The second-order valence-corrected chi connectivity index (χ2v) is 2.91. The Bertz CT molecular complexity index is 419. The topological polar surface area (TPSA) is 68.2 Å². The molecule has 78 valence electrons.